The molecule has 5 nitrogen and oxygen atoms in total. The Labute approximate surface area is 152 Å². The van der Waals surface area contributed by atoms with E-state index in [9.17, 15) is 0 Å². The molecule has 2 aromatic carbocycles. The Hall–Kier alpha value is -3.36. The summed E-state index contributed by atoms with van der Waals surface area (Å²) >= 11 is 0. The quantitative estimate of drug-likeness (QED) is 0.878. The summed E-state index contributed by atoms with van der Waals surface area (Å²) in [6, 6.07) is 18.3. The van der Waals surface area contributed by atoms with Crippen LogP contribution < -0.4 is 10.6 Å². The molecule has 0 amide bonds. The first-order valence-corrected chi connectivity index (χ1v) is 8.58. The summed E-state index contributed by atoms with van der Waals surface area (Å²) in [4.78, 5) is 0. The third-order valence-corrected chi connectivity index (χ3v) is 4.38. The summed E-state index contributed by atoms with van der Waals surface area (Å²) in [5.74, 6) is 0. The topological polar surface area (TPSA) is 63.5 Å². The zero-order valence-electron chi connectivity index (χ0n) is 14.3. The van der Waals surface area contributed by atoms with Crippen LogP contribution in [0.4, 0.5) is 0 Å². The average molecular weight is 341 g/mol. The van der Waals surface area contributed by atoms with Crippen molar-refractivity contribution in [3.63, 3.8) is 0 Å². The first-order valence-electron chi connectivity index (χ1n) is 8.58. The highest BCUT2D eigenvalue weighted by atomic mass is 15.5. The second-order valence-electron chi connectivity index (χ2n) is 6.28. The van der Waals surface area contributed by atoms with Crippen LogP contribution in [0.5, 0.6) is 0 Å². The number of benzene rings is 2. The predicted molar refractivity (Wildman–Crippen MR) is 103 cm³/mol. The maximum absolute atomic E-state index is 8.98. The van der Waals surface area contributed by atoms with Gasteiger partial charge in [-0.05, 0) is 47.0 Å². The van der Waals surface area contributed by atoms with Crippen molar-refractivity contribution in [3.8, 4) is 6.07 Å². The van der Waals surface area contributed by atoms with Crippen LogP contribution in [-0.2, 0) is 13.1 Å². The molecule has 0 fully saturated rings. The van der Waals surface area contributed by atoms with Gasteiger partial charge in [-0.15, -0.1) is 0 Å². The molecule has 0 saturated heterocycles. The van der Waals surface area contributed by atoms with E-state index >= 15 is 0 Å². The van der Waals surface area contributed by atoms with Crippen molar-refractivity contribution in [1.82, 2.24) is 15.6 Å². The van der Waals surface area contributed by atoms with Gasteiger partial charge >= 0.3 is 0 Å². The number of hydrazone groups is 1. The van der Waals surface area contributed by atoms with Gasteiger partial charge in [-0.2, -0.15) is 10.4 Å². The molecule has 128 valence electrons. The van der Waals surface area contributed by atoms with Gasteiger partial charge in [-0.3, -0.25) is 0 Å². The average Bonchev–Trinajstić information content (AvgIpc) is 3.13. The van der Waals surface area contributed by atoms with Crippen molar-refractivity contribution >= 4 is 11.9 Å². The van der Waals surface area contributed by atoms with E-state index in [-0.39, 0.29) is 6.17 Å². The Morgan fingerprint density at radius 1 is 1.12 bits per heavy atom. The van der Waals surface area contributed by atoms with Crippen molar-refractivity contribution < 1.29 is 0 Å². The Balaban J connectivity index is 1.40. The fraction of sp³-hybridized carbons (Fsp3) is 0.143. The number of nitrogens with one attached hydrogen (secondary N) is 2. The predicted octanol–water partition coefficient (Wildman–Crippen LogP) is 2.93. The summed E-state index contributed by atoms with van der Waals surface area (Å²) in [6.45, 7) is 1.50. The monoisotopic (exact) mass is 341 g/mol. The molecule has 2 N–H and O–H groups in total. The highest BCUT2D eigenvalue weighted by Crippen LogP contribution is 2.23. The zero-order valence-corrected chi connectivity index (χ0v) is 14.3. The minimum absolute atomic E-state index is 0.101. The van der Waals surface area contributed by atoms with Crippen molar-refractivity contribution in [2.75, 3.05) is 0 Å². The fourth-order valence-electron chi connectivity index (χ4n) is 3.10. The lowest BCUT2D eigenvalue weighted by atomic mass is 10.1. The molecule has 5 heteroatoms. The minimum atomic E-state index is 0.101. The molecule has 2 aliphatic rings. The number of allylic oxidation sites excluding steroid dienone is 1. The van der Waals surface area contributed by atoms with E-state index in [0.29, 0.717) is 5.56 Å². The molecule has 0 bridgehead atoms. The maximum atomic E-state index is 8.98. The molecule has 1 atom stereocenters. The summed E-state index contributed by atoms with van der Waals surface area (Å²) in [7, 11) is 0. The van der Waals surface area contributed by atoms with Gasteiger partial charge in [0.15, 0.2) is 0 Å². The lowest BCUT2D eigenvalue weighted by Gasteiger charge is -2.19. The van der Waals surface area contributed by atoms with Gasteiger partial charge in [-0.25, -0.2) is 5.01 Å². The van der Waals surface area contributed by atoms with Gasteiger partial charge < -0.3 is 10.6 Å². The lowest BCUT2D eigenvalue weighted by Crippen LogP contribution is -2.32. The summed E-state index contributed by atoms with van der Waals surface area (Å²) in [6.07, 6.45) is 7.96. The number of rotatable bonds is 5. The lowest BCUT2D eigenvalue weighted by molar-refractivity contribution is 0.341. The smallest absolute Gasteiger partial charge is 0.140 e. The Kier molecular flexibility index (Phi) is 4.50. The fourth-order valence-corrected chi connectivity index (χ4v) is 3.10. The standard InChI is InChI=1S/C21H19N5/c22-12-16-4-1-5-17(10-16)13-23-14-18-6-2-7-19(11-18)20-15-26-21(25-20)8-3-9-24-26/h1-11,15,21,23,25H,13-14H2. The normalized spacial score (nSPS) is 17.4. The molecule has 0 aliphatic carbocycles. The first-order chi connectivity index (χ1) is 12.8. The van der Waals surface area contributed by atoms with Gasteiger partial charge in [0.25, 0.3) is 0 Å². The van der Waals surface area contributed by atoms with E-state index in [1.165, 1.54) is 5.56 Å². The molecule has 2 heterocycles. The van der Waals surface area contributed by atoms with Crippen LogP contribution in [0.15, 0.2) is 72.0 Å². The van der Waals surface area contributed by atoms with Crippen molar-refractivity contribution in [1.29, 1.82) is 5.26 Å². The maximum Gasteiger partial charge on any atom is 0.140 e. The van der Waals surface area contributed by atoms with E-state index in [0.717, 1.165) is 29.9 Å². The largest absolute Gasteiger partial charge is 0.359 e. The first kappa shape index (κ1) is 16.1. The highest BCUT2D eigenvalue weighted by molar-refractivity contribution is 5.74. The molecule has 0 saturated carbocycles. The second-order valence-corrected chi connectivity index (χ2v) is 6.28. The summed E-state index contributed by atoms with van der Waals surface area (Å²) in [5.41, 5.74) is 5.24. The Morgan fingerprint density at radius 2 is 1.92 bits per heavy atom. The van der Waals surface area contributed by atoms with Gasteiger partial charge in [0, 0.05) is 25.5 Å². The number of fused-ring (bicyclic) bond motifs is 1. The van der Waals surface area contributed by atoms with Crippen LogP contribution in [0.1, 0.15) is 22.3 Å². The van der Waals surface area contributed by atoms with E-state index in [2.05, 4.69) is 52.1 Å². The molecule has 26 heavy (non-hydrogen) atoms. The van der Waals surface area contributed by atoms with E-state index in [1.807, 2.05) is 41.6 Å². The molecule has 1 unspecified atom stereocenters. The van der Waals surface area contributed by atoms with Gasteiger partial charge in [0.2, 0.25) is 0 Å². The van der Waals surface area contributed by atoms with E-state index < -0.39 is 0 Å². The second kappa shape index (κ2) is 7.26. The van der Waals surface area contributed by atoms with Crippen LogP contribution in [0.2, 0.25) is 0 Å². The van der Waals surface area contributed by atoms with Crippen LogP contribution in [0.25, 0.3) is 5.70 Å². The number of nitrogens with zero attached hydrogens (tertiary/aromatic N) is 3. The van der Waals surface area contributed by atoms with Crippen LogP contribution in [0, 0.1) is 11.3 Å². The van der Waals surface area contributed by atoms with E-state index in [1.54, 1.807) is 6.21 Å². The molecule has 0 spiro atoms. The Morgan fingerprint density at radius 3 is 2.73 bits per heavy atom. The molecule has 0 radical (unpaired) electrons. The van der Waals surface area contributed by atoms with E-state index in [4.69, 9.17) is 5.26 Å². The zero-order chi connectivity index (χ0) is 17.8. The van der Waals surface area contributed by atoms with Gasteiger partial charge in [0.05, 0.1) is 17.3 Å². The SMILES string of the molecule is N#Cc1cccc(CNCc2cccc(C3=CN4N=CC=CC4N3)c2)c1. The van der Waals surface area contributed by atoms with Gasteiger partial charge in [-0.1, -0.05) is 30.3 Å². The van der Waals surface area contributed by atoms with Crippen molar-refractivity contribution in [2.24, 2.45) is 5.10 Å². The number of nitriles is 1. The molecule has 4 rings (SSSR count). The molecule has 2 aliphatic heterocycles. The van der Waals surface area contributed by atoms with Crippen LogP contribution in [-0.4, -0.2) is 17.4 Å². The third kappa shape index (κ3) is 3.51. The van der Waals surface area contributed by atoms with Gasteiger partial charge in [0.1, 0.15) is 6.17 Å². The molecule has 2 aromatic rings. The molecular weight excluding hydrogens is 322 g/mol. The van der Waals surface area contributed by atoms with Crippen molar-refractivity contribution in [3.05, 3.63) is 89.1 Å². The molecular formula is C21H19N5. The van der Waals surface area contributed by atoms with Crippen LogP contribution >= 0.6 is 0 Å². The number of hydrogen-bond acceptors (Lipinski definition) is 5. The van der Waals surface area contributed by atoms with Crippen LogP contribution in [0.3, 0.4) is 0 Å². The summed E-state index contributed by atoms with van der Waals surface area (Å²) in [5, 5.41) is 22.1. The third-order valence-electron chi connectivity index (χ3n) is 4.38. The highest BCUT2D eigenvalue weighted by Gasteiger charge is 2.22. The minimum Gasteiger partial charge on any atom is -0.359 e. The summed E-state index contributed by atoms with van der Waals surface area (Å²) < 4.78 is 0. The molecule has 0 aromatic heterocycles. The van der Waals surface area contributed by atoms with Crippen molar-refractivity contribution in [2.45, 2.75) is 19.3 Å². The Bertz CT molecular complexity index is 935. The number of hydrogen-bond donors (Lipinski definition) is 2.